The molecule has 0 saturated heterocycles. The Hall–Kier alpha value is -17.3. The lowest BCUT2D eigenvalue weighted by molar-refractivity contribution is -0.660. The van der Waals surface area contributed by atoms with Gasteiger partial charge in [0, 0.05) is 235 Å². The molecule has 730 valence electrons. The number of benzene rings is 10. The van der Waals surface area contributed by atoms with Crippen molar-refractivity contribution in [2.24, 2.45) is 35.2 Å². The summed E-state index contributed by atoms with van der Waals surface area (Å²) < 4.78 is 295. The van der Waals surface area contributed by atoms with Gasteiger partial charge >= 0.3 is 0 Å². The third-order valence-corrected chi connectivity index (χ3v) is 30.7. The summed E-state index contributed by atoms with van der Waals surface area (Å²) in [5, 5.41) is 7.52. The molecule has 30 rings (SSSR count). The molecule has 0 fully saturated rings. The van der Waals surface area contributed by atoms with Gasteiger partial charge < -0.3 is 22.1 Å². The Morgan fingerprint density at radius 3 is 1.01 bits per heavy atom. The molecule has 150 heavy (non-hydrogen) atoms. The van der Waals surface area contributed by atoms with Crippen molar-refractivity contribution < 1.29 is 86.0 Å². The van der Waals surface area contributed by atoms with Crippen molar-refractivity contribution in [3.63, 3.8) is 0 Å². The number of pyridine rings is 10. The van der Waals surface area contributed by atoms with E-state index < -0.39 is 95.6 Å². The molecule has 0 saturated carbocycles. The van der Waals surface area contributed by atoms with Crippen LogP contribution in [0.25, 0.3) is 222 Å². The molecule has 0 bridgehead atoms. The van der Waals surface area contributed by atoms with Crippen LogP contribution >= 0.6 is 0 Å². The van der Waals surface area contributed by atoms with Crippen molar-refractivity contribution in [3.8, 4) is 112 Å². The first kappa shape index (κ1) is 65.3. The molecule has 15 aromatic heterocycles. The number of fused-ring (bicyclic) bond motifs is 31. The van der Waals surface area contributed by atoms with Crippen LogP contribution in [0.15, 0.2) is 357 Å². The SMILES string of the molecule is [2H]C([2H])([2H])C1(C([2H])([2H])[2H])c2cc3c(cc2-c2cccnc21)oc1c(-c2cccc[n+]2C)c(C)ccc13.[2H]C([2H])([2H])C1(C([2H])([2H])[2H])c2cc3oc4c(-c5cccc[n+]5C)c(C)ccc4c3cc2-c2cccnc21.[2H]C([2H])([2H])C1(C([2H])([2H])[2H])c2ccccc2-c2cc3c(nc21)oc1c(-c2cccc[n+]2C)c(C)ccc13.[2H]C([2H])([2H])C1(C([2H])([2H])[2H])c2ccccc2-c2nc3oc4c(-c5cccc[n+]5C)c(C)ccc4c3cc21.[2H]C([2H])([2H])C1(C([2H])([2H])[2H])c2ncccc2-c2ccc3c(oc4c(-c5cccc[n+]5C)c(C)ccc43)c21. The third kappa shape index (κ3) is 13.8. The summed E-state index contributed by atoms with van der Waals surface area (Å²) in [5.74, 6) is 0. The van der Waals surface area contributed by atoms with Crippen LogP contribution in [0.1, 0.15) is 194 Å². The third-order valence-electron chi connectivity index (χ3n) is 30.7. The van der Waals surface area contributed by atoms with Crippen molar-refractivity contribution in [1.82, 2.24) is 24.9 Å². The summed E-state index contributed by atoms with van der Waals surface area (Å²) in [7, 11) is 9.80. The average molecular weight is 1990 g/mol. The maximum atomic E-state index is 8.53. The lowest BCUT2D eigenvalue weighted by Gasteiger charge is -2.20. The van der Waals surface area contributed by atoms with Crippen LogP contribution in [-0.4, -0.2) is 24.9 Å². The quantitative estimate of drug-likeness (QED) is 0.152. The van der Waals surface area contributed by atoms with Gasteiger partial charge in [0.1, 0.15) is 68.7 Å². The number of hydrogen-bond acceptors (Lipinski definition) is 10. The van der Waals surface area contributed by atoms with Gasteiger partial charge in [0.2, 0.25) is 39.9 Å². The molecule has 0 N–H and O–H groups in total. The Morgan fingerprint density at radius 2 is 0.553 bits per heavy atom. The zero-order chi connectivity index (χ0) is 128. The minimum absolute atomic E-state index is 0.0128. The van der Waals surface area contributed by atoms with Crippen molar-refractivity contribution in [2.75, 3.05) is 0 Å². The average Bonchev–Trinajstić information content (AvgIpc) is 1.56. The second-order valence-corrected chi connectivity index (χ2v) is 39.8. The van der Waals surface area contributed by atoms with Crippen molar-refractivity contribution in [3.05, 3.63) is 419 Å². The van der Waals surface area contributed by atoms with E-state index in [0.717, 1.165) is 116 Å². The lowest BCUT2D eigenvalue weighted by atomic mass is 9.82. The summed E-state index contributed by atoms with van der Waals surface area (Å²) in [4.78, 5) is 22.4. The van der Waals surface area contributed by atoms with E-state index in [1.165, 1.54) is 18.6 Å². The summed E-state index contributed by atoms with van der Waals surface area (Å²) in [5.41, 5.74) is 14.7. The van der Waals surface area contributed by atoms with Gasteiger partial charge in [-0.25, -0.2) is 32.8 Å². The van der Waals surface area contributed by atoms with E-state index in [2.05, 4.69) is 19.9 Å². The largest absolute Gasteiger partial charge is 0.455 e. The molecule has 5 aliphatic carbocycles. The molecule has 0 atom stereocenters. The van der Waals surface area contributed by atoms with E-state index in [-0.39, 0.29) is 67.5 Å². The molecule has 15 heteroatoms. The highest BCUT2D eigenvalue weighted by atomic mass is 16.4. The number of rotatable bonds is 5. The standard InChI is InChI=1S/5C27H23N2O/c1-16-10-11-18-19-13-12-17-20-8-7-14-28-26(20)27(2,3)23(17)25(19)30-24(18)22(16)21-9-5-6-15-29(21)4;1-16-10-11-17-20-14-21-19(18-8-7-12-28-26(18)27(21,2)3)15-23(20)30-25(17)24(16)22-9-5-6-13-29(22)4;1-16-10-11-17-20-14-19-18-8-7-12-28-26(18)27(2,3)21(19)15-23(20)30-25(17)24(16)22-9-5-6-13-29(22)4;1-16-12-13-17-19-15-21-24(18-9-5-6-10-20(18)27(21,2)3)28-26(19)30-25(17)23(16)22-11-7-8-14-29(22)4;1-16-12-13-18-20-15-19-17-9-5-6-10-21(17)27(2,3)25(19)28-26(20)30-24(18)23(16)22-11-7-8-14-29(22)4/h5*5-15H,1-4H3/q5*+1/i5*2D3,3D3. The first-order valence-corrected chi connectivity index (χ1v) is 49.4. The monoisotopic (exact) mass is 1990 g/mol. The summed E-state index contributed by atoms with van der Waals surface area (Å²) in [6.07, 6.45) is 14.2. The fourth-order valence-electron chi connectivity index (χ4n) is 23.3. The molecule has 0 unspecified atom stereocenters. The Labute approximate surface area is 913 Å². The second-order valence-electron chi connectivity index (χ2n) is 39.8. The van der Waals surface area contributed by atoms with Gasteiger partial charge in [-0.1, -0.05) is 188 Å². The summed E-state index contributed by atoms with van der Waals surface area (Å²) in [6, 6.07) is 87.4. The molecule has 25 aromatic rings. The van der Waals surface area contributed by atoms with Crippen LogP contribution in [0.5, 0.6) is 0 Å². The van der Waals surface area contributed by atoms with Gasteiger partial charge in [0.05, 0.1) is 56.3 Å². The fraction of sp³-hybridized carbons (Fsp3) is 0.185. The zero-order valence-corrected chi connectivity index (χ0v) is 83.3. The number of nitrogens with zero attached hydrogens (tertiary/aromatic N) is 10. The molecule has 5 aliphatic rings. The van der Waals surface area contributed by atoms with Gasteiger partial charge in [-0.2, -0.15) is 0 Å². The van der Waals surface area contributed by atoms with E-state index in [0.29, 0.717) is 122 Å². The number of aryl methyl sites for hydroxylation is 10. The molecular formula is C135H115N10O5+5. The fourth-order valence-corrected chi connectivity index (χ4v) is 23.3. The van der Waals surface area contributed by atoms with Crippen LogP contribution < -0.4 is 22.8 Å². The molecule has 0 aliphatic heterocycles. The van der Waals surface area contributed by atoms with Crippen molar-refractivity contribution in [2.45, 2.75) is 130 Å². The maximum Gasteiger partial charge on any atom is 0.227 e. The minimum atomic E-state index is -2.91. The molecule has 10 aromatic carbocycles. The Balaban J connectivity index is 0.000000108. The molecular weight excluding hydrogens is 1840 g/mol. The number of aromatic nitrogens is 10. The van der Waals surface area contributed by atoms with Gasteiger partial charge in [0.15, 0.2) is 42.2 Å². The zero-order valence-electron chi connectivity index (χ0n) is 113. The Morgan fingerprint density at radius 1 is 0.227 bits per heavy atom. The van der Waals surface area contributed by atoms with Crippen molar-refractivity contribution >= 4 is 110 Å². The topological polar surface area (TPSA) is 150 Å². The number of hydrogen-bond donors (Lipinski definition) is 0. The normalized spacial score (nSPS) is 18.1. The Bertz CT molecular complexity index is 10700. The highest BCUT2D eigenvalue weighted by Gasteiger charge is 2.45. The van der Waals surface area contributed by atoms with E-state index in [1.54, 1.807) is 115 Å². The predicted octanol–water partition coefficient (Wildman–Crippen LogP) is 30.4. The first-order valence-electron chi connectivity index (χ1n) is 64.4. The summed E-state index contributed by atoms with van der Waals surface area (Å²) in [6.45, 7) is -18.7. The lowest BCUT2D eigenvalue weighted by Crippen LogP contribution is -2.30. The van der Waals surface area contributed by atoms with E-state index in [9.17, 15) is 0 Å². The smallest absolute Gasteiger partial charge is 0.227 e. The second kappa shape index (κ2) is 33.9. The van der Waals surface area contributed by atoms with Crippen LogP contribution in [0, 0.1) is 34.6 Å². The Kier molecular flexibility index (Phi) is 14.8. The molecule has 0 amide bonds. The minimum Gasteiger partial charge on any atom is -0.455 e. The highest BCUT2D eigenvalue weighted by Crippen LogP contribution is 2.58. The van der Waals surface area contributed by atoms with Gasteiger partial charge in [-0.05, 0) is 217 Å². The highest BCUT2D eigenvalue weighted by molar-refractivity contribution is 6.17. The van der Waals surface area contributed by atoms with E-state index in [1.807, 2.05) is 294 Å². The van der Waals surface area contributed by atoms with Gasteiger partial charge in [-0.15, -0.1) is 0 Å². The molecule has 0 radical (unpaired) electrons. The molecule has 0 spiro atoms. The van der Waals surface area contributed by atoms with Gasteiger partial charge in [0.25, 0.3) is 0 Å². The molecule has 15 nitrogen and oxygen atoms in total. The predicted molar refractivity (Wildman–Crippen MR) is 602 cm³/mol. The van der Waals surface area contributed by atoms with Crippen LogP contribution in [-0.2, 0) is 62.3 Å². The molecule has 15 heterocycles. The van der Waals surface area contributed by atoms with Gasteiger partial charge in [-0.3, -0.25) is 15.0 Å². The maximum absolute atomic E-state index is 8.53. The first-order chi connectivity index (χ1) is 84.8. The van der Waals surface area contributed by atoms with Crippen LogP contribution in [0.2, 0.25) is 0 Å². The van der Waals surface area contributed by atoms with E-state index >= 15 is 0 Å². The summed E-state index contributed by atoms with van der Waals surface area (Å²) >= 11 is 0. The van der Waals surface area contributed by atoms with Crippen molar-refractivity contribution in [1.29, 1.82) is 0 Å². The van der Waals surface area contributed by atoms with E-state index in [4.69, 9.17) is 68.2 Å². The van der Waals surface area contributed by atoms with Crippen LogP contribution in [0.3, 0.4) is 0 Å². The van der Waals surface area contributed by atoms with Crippen LogP contribution in [0.4, 0.5) is 0 Å². The number of furan rings is 5.